The number of rotatable bonds is 7. The number of phenols is 1. The maximum absolute atomic E-state index is 11.3. The molecule has 6 heteroatoms. The van der Waals surface area contributed by atoms with Crippen LogP contribution in [0.1, 0.15) is 27.7 Å². The first kappa shape index (κ1) is 19.3. The van der Waals surface area contributed by atoms with Crippen molar-refractivity contribution >= 4 is 11.7 Å². The number of imidazole rings is 1. The second-order valence-corrected chi connectivity index (χ2v) is 6.98. The number of benzene rings is 3. The molecule has 150 valence electrons. The second-order valence-electron chi connectivity index (χ2n) is 6.98. The van der Waals surface area contributed by atoms with Crippen molar-refractivity contribution in [3.63, 3.8) is 0 Å². The number of carbonyl (C=O) groups is 1. The summed E-state index contributed by atoms with van der Waals surface area (Å²) in [5.74, 6) is -1.46. The first-order valence-electron chi connectivity index (χ1n) is 9.56. The Morgan fingerprint density at radius 2 is 1.70 bits per heavy atom. The molecule has 1 atom stereocenters. The van der Waals surface area contributed by atoms with E-state index in [9.17, 15) is 15.0 Å². The van der Waals surface area contributed by atoms with Crippen molar-refractivity contribution in [2.45, 2.75) is 12.5 Å². The van der Waals surface area contributed by atoms with E-state index in [1.807, 2.05) is 18.2 Å². The average molecular weight is 399 g/mol. The van der Waals surface area contributed by atoms with E-state index in [1.54, 1.807) is 24.7 Å². The Bertz CT molecular complexity index is 1120. The smallest absolute Gasteiger partial charge is 0.339 e. The van der Waals surface area contributed by atoms with E-state index in [4.69, 9.17) is 0 Å². The molecule has 0 saturated carbocycles. The number of anilines is 1. The number of aromatic carboxylic acids is 1. The van der Waals surface area contributed by atoms with Gasteiger partial charge < -0.3 is 20.5 Å². The molecule has 0 aliphatic heterocycles. The molecule has 0 amide bonds. The number of nitrogens with zero attached hydrogens (tertiary/aromatic N) is 1. The number of carboxylic acids is 1. The van der Waals surface area contributed by atoms with E-state index in [1.165, 1.54) is 6.07 Å². The molecule has 0 fully saturated rings. The summed E-state index contributed by atoms with van der Waals surface area (Å²) in [5, 5.41) is 22.9. The highest BCUT2D eigenvalue weighted by atomic mass is 16.4. The van der Waals surface area contributed by atoms with Gasteiger partial charge in [0.15, 0.2) is 5.75 Å². The average Bonchev–Trinajstić information content (AvgIpc) is 3.30. The molecule has 1 aromatic heterocycles. The van der Waals surface area contributed by atoms with E-state index in [-0.39, 0.29) is 17.4 Å². The predicted octanol–water partition coefficient (Wildman–Crippen LogP) is 4.88. The van der Waals surface area contributed by atoms with Crippen molar-refractivity contribution in [3.05, 3.63) is 102 Å². The van der Waals surface area contributed by atoms with Crippen molar-refractivity contribution in [1.29, 1.82) is 0 Å². The molecule has 0 saturated heterocycles. The van der Waals surface area contributed by atoms with Crippen molar-refractivity contribution in [2.75, 3.05) is 5.32 Å². The Morgan fingerprint density at radius 1 is 0.967 bits per heavy atom. The normalized spacial score (nSPS) is 11.7. The third-order valence-corrected chi connectivity index (χ3v) is 4.99. The minimum absolute atomic E-state index is 0.143. The lowest BCUT2D eigenvalue weighted by atomic mass is 9.99. The summed E-state index contributed by atoms with van der Waals surface area (Å²) in [7, 11) is 0. The number of carboxylic acid groups (broad SMARTS) is 1. The van der Waals surface area contributed by atoms with Crippen LogP contribution in [0.5, 0.6) is 5.75 Å². The SMILES string of the molecule is O=C(O)c1cccc(NC(Cc2ccc(-c3ccccc3)cc2)c2cnc[nH]2)c1O. The van der Waals surface area contributed by atoms with Gasteiger partial charge in [-0.2, -0.15) is 0 Å². The van der Waals surface area contributed by atoms with Gasteiger partial charge in [-0.15, -0.1) is 0 Å². The third-order valence-electron chi connectivity index (χ3n) is 4.99. The molecular weight excluding hydrogens is 378 g/mol. The lowest BCUT2D eigenvalue weighted by molar-refractivity contribution is 0.0694. The Kier molecular flexibility index (Phi) is 5.48. The molecule has 0 aliphatic rings. The van der Waals surface area contributed by atoms with Gasteiger partial charge in [-0.3, -0.25) is 0 Å². The zero-order valence-electron chi connectivity index (χ0n) is 16.1. The minimum Gasteiger partial charge on any atom is -0.505 e. The van der Waals surface area contributed by atoms with Crippen LogP contribution in [0, 0.1) is 0 Å². The highest BCUT2D eigenvalue weighted by molar-refractivity contribution is 5.93. The molecule has 6 nitrogen and oxygen atoms in total. The van der Waals surface area contributed by atoms with Crippen molar-refractivity contribution < 1.29 is 15.0 Å². The van der Waals surface area contributed by atoms with Gasteiger partial charge in [-0.1, -0.05) is 60.7 Å². The van der Waals surface area contributed by atoms with Crippen molar-refractivity contribution in [1.82, 2.24) is 9.97 Å². The molecule has 1 heterocycles. The maximum Gasteiger partial charge on any atom is 0.339 e. The maximum atomic E-state index is 11.3. The van der Waals surface area contributed by atoms with Crippen LogP contribution in [0.2, 0.25) is 0 Å². The van der Waals surface area contributed by atoms with Gasteiger partial charge in [0.05, 0.1) is 29.9 Å². The zero-order chi connectivity index (χ0) is 20.9. The van der Waals surface area contributed by atoms with Crippen LogP contribution in [0.3, 0.4) is 0 Å². The molecule has 4 rings (SSSR count). The quantitative estimate of drug-likeness (QED) is 0.332. The lowest BCUT2D eigenvalue weighted by Gasteiger charge is -2.20. The van der Waals surface area contributed by atoms with E-state index in [0.717, 1.165) is 22.4 Å². The van der Waals surface area contributed by atoms with Crippen molar-refractivity contribution in [3.8, 4) is 16.9 Å². The van der Waals surface area contributed by atoms with Crippen LogP contribution in [0.15, 0.2) is 85.3 Å². The summed E-state index contributed by atoms with van der Waals surface area (Å²) in [4.78, 5) is 18.5. The van der Waals surface area contributed by atoms with Crippen LogP contribution in [-0.4, -0.2) is 26.2 Å². The fraction of sp³-hybridized carbons (Fsp3) is 0.0833. The first-order valence-corrected chi connectivity index (χ1v) is 9.56. The summed E-state index contributed by atoms with van der Waals surface area (Å²) in [6.07, 6.45) is 3.93. The van der Waals surface area contributed by atoms with E-state index in [2.05, 4.69) is 51.7 Å². The molecule has 4 N–H and O–H groups in total. The minimum atomic E-state index is -1.18. The Labute approximate surface area is 173 Å². The molecule has 0 spiro atoms. The summed E-state index contributed by atoms with van der Waals surface area (Å²) in [5.41, 5.74) is 4.43. The Balaban J connectivity index is 1.59. The van der Waals surface area contributed by atoms with Crippen LogP contribution in [0.25, 0.3) is 11.1 Å². The number of nitrogens with one attached hydrogen (secondary N) is 2. The largest absolute Gasteiger partial charge is 0.505 e. The van der Waals surface area contributed by atoms with Crippen LogP contribution < -0.4 is 5.32 Å². The van der Waals surface area contributed by atoms with Gasteiger partial charge >= 0.3 is 5.97 Å². The van der Waals surface area contributed by atoms with Gasteiger partial charge in [0, 0.05) is 0 Å². The predicted molar refractivity (Wildman–Crippen MR) is 116 cm³/mol. The van der Waals surface area contributed by atoms with Crippen LogP contribution in [0.4, 0.5) is 5.69 Å². The summed E-state index contributed by atoms with van der Waals surface area (Å²) in [6.45, 7) is 0. The monoisotopic (exact) mass is 399 g/mol. The van der Waals surface area contributed by atoms with E-state index < -0.39 is 5.97 Å². The van der Waals surface area contributed by atoms with Crippen LogP contribution in [-0.2, 0) is 6.42 Å². The highest BCUT2D eigenvalue weighted by Crippen LogP contribution is 2.32. The molecule has 3 aromatic carbocycles. The molecule has 0 bridgehead atoms. The fourth-order valence-electron chi connectivity index (χ4n) is 3.42. The van der Waals surface area contributed by atoms with Gasteiger partial charge in [-0.25, -0.2) is 9.78 Å². The zero-order valence-corrected chi connectivity index (χ0v) is 16.1. The fourth-order valence-corrected chi connectivity index (χ4v) is 3.42. The topological polar surface area (TPSA) is 98.2 Å². The molecule has 4 aromatic rings. The van der Waals surface area contributed by atoms with Gasteiger partial charge in [0.1, 0.15) is 5.56 Å². The number of aromatic nitrogens is 2. The lowest BCUT2D eigenvalue weighted by Crippen LogP contribution is -2.15. The molecule has 30 heavy (non-hydrogen) atoms. The van der Waals surface area contributed by atoms with Crippen molar-refractivity contribution in [2.24, 2.45) is 0 Å². The Morgan fingerprint density at radius 3 is 2.37 bits per heavy atom. The number of aromatic amines is 1. The number of aromatic hydroxyl groups is 1. The summed E-state index contributed by atoms with van der Waals surface area (Å²) < 4.78 is 0. The van der Waals surface area contributed by atoms with Gasteiger partial charge in [0.25, 0.3) is 0 Å². The summed E-state index contributed by atoms with van der Waals surface area (Å²) >= 11 is 0. The highest BCUT2D eigenvalue weighted by Gasteiger charge is 2.18. The third kappa shape index (κ3) is 4.17. The summed E-state index contributed by atoms with van der Waals surface area (Å²) in [6, 6.07) is 22.9. The van der Waals surface area contributed by atoms with Crippen LogP contribution >= 0.6 is 0 Å². The number of para-hydroxylation sites is 1. The molecule has 0 aliphatic carbocycles. The second kappa shape index (κ2) is 8.53. The number of hydrogen-bond donors (Lipinski definition) is 4. The molecule has 0 radical (unpaired) electrons. The molecular formula is C24H21N3O3. The van der Waals surface area contributed by atoms with Gasteiger partial charge in [0.2, 0.25) is 0 Å². The number of H-pyrrole nitrogens is 1. The number of hydrogen-bond acceptors (Lipinski definition) is 4. The standard InChI is InChI=1S/C24H21N3O3/c28-23-19(24(29)30)7-4-8-20(23)27-21(22-14-25-15-26-22)13-16-9-11-18(12-10-16)17-5-2-1-3-6-17/h1-12,14-15,21,27-28H,13H2,(H,25,26)(H,29,30). The Hall–Kier alpha value is -4.06. The first-order chi connectivity index (χ1) is 14.6. The molecule has 1 unspecified atom stereocenters. The van der Waals surface area contributed by atoms with E-state index in [0.29, 0.717) is 12.1 Å². The van der Waals surface area contributed by atoms with Gasteiger partial charge in [-0.05, 0) is 35.2 Å². The van der Waals surface area contributed by atoms with E-state index >= 15 is 0 Å².